The molecule has 0 unspecified atom stereocenters. The van der Waals surface area contributed by atoms with Crippen LogP contribution >= 0.6 is 0 Å². The maximum Gasteiger partial charge on any atom is 0.407 e. The summed E-state index contributed by atoms with van der Waals surface area (Å²) in [5.74, 6) is 0. The molecule has 1 fully saturated rings. The summed E-state index contributed by atoms with van der Waals surface area (Å²) >= 11 is 0. The average Bonchev–Trinajstić information content (AvgIpc) is 2.18. The van der Waals surface area contributed by atoms with Crippen molar-refractivity contribution < 1.29 is 9.53 Å². The molecule has 1 saturated carbocycles. The molecule has 0 spiro atoms. The molecule has 1 aliphatic rings. The van der Waals surface area contributed by atoms with Gasteiger partial charge in [-0.15, -0.1) is 0 Å². The van der Waals surface area contributed by atoms with Crippen molar-refractivity contribution in [1.82, 2.24) is 10.6 Å². The zero-order chi connectivity index (χ0) is 12.9. The van der Waals surface area contributed by atoms with E-state index in [1.165, 1.54) is 0 Å². The van der Waals surface area contributed by atoms with Gasteiger partial charge in [-0.25, -0.2) is 4.79 Å². The molecule has 17 heavy (non-hydrogen) atoms. The number of nitriles is 1. The molecule has 2 N–H and O–H groups in total. The summed E-state index contributed by atoms with van der Waals surface area (Å²) in [4.78, 5) is 11.5. The first-order valence-corrected chi connectivity index (χ1v) is 6.05. The number of nitrogens with one attached hydrogen (secondary N) is 2. The fraction of sp³-hybridized carbons (Fsp3) is 0.833. The largest absolute Gasteiger partial charge is 0.444 e. The van der Waals surface area contributed by atoms with E-state index in [1.54, 1.807) is 0 Å². The van der Waals surface area contributed by atoms with Crippen LogP contribution in [0.2, 0.25) is 0 Å². The molecular weight excluding hydrogens is 218 g/mol. The molecule has 0 atom stereocenters. The lowest BCUT2D eigenvalue weighted by Gasteiger charge is -2.29. The van der Waals surface area contributed by atoms with Gasteiger partial charge < -0.3 is 15.4 Å². The molecule has 1 amide bonds. The normalized spacial score (nSPS) is 24.6. The van der Waals surface area contributed by atoms with Crippen LogP contribution < -0.4 is 10.6 Å². The number of ether oxygens (including phenoxy) is 1. The second-order valence-electron chi connectivity index (χ2n) is 5.45. The van der Waals surface area contributed by atoms with E-state index in [-0.39, 0.29) is 18.2 Å². The van der Waals surface area contributed by atoms with E-state index in [4.69, 9.17) is 10.00 Å². The Kier molecular flexibility index (Phi) is 4.62. The summed E-state index contributed by atoms with van der Waals surface area (Å²) in [6.45, 7) is 5.54. The number of hydrogen-bond acceptors (Lipinski definition) is 4. The maximum atomic E-state index is 11.5. The second-order valence-corrected chi connectivity index (χ2v) is 5.45. The summed E-state index contributed by atoms with van der Waals surface area (Å²) < 4.78 is 5.20. The molecule has 5 heteroatoms. The summed E-state index contributed by atoms with van der Waals surface area (Å²) in [6, 6.07) is 0.429. The van der Waals surface area contributed by atoms with Gasteiger partial charge in [0, 0.05) is 12.1 Å². The Morgan fingerprint density at radius 2 is 1.76 bits per heavy atom. The molecule has 0 heterocycles. The highest BCUT2D eigenvalue weighted by Crippen LogP contribution is 2.19. The summed E-state index contributed by atoms with van der Waals surface area (Å²) in [7, 11) is 0. The topological polar surface area (TPSA) is 74.2 Å². The van der Waals surface area contributed by atoms with Crippen LogP contribution in [0.4, 0.5) is 4.79 Å². The van der Waals surface area contributed by atoms with E-state index in [0.717, 1.165) is 25.7 Å². The number of rotatable bonds is 2. The molecule has 5 nitrogen and oxygen atoms in total. The Morgan fingerprint density at radius 1 is 1.24 bits per heavy atom. The molecule has 1 rings (SSSR count). The Hall–Kier alpha value is -1.44. The summed E-state index contributed by atoms with van der Waals surface area (Å²) in [5.41, 5.74) is -0.455. The molecule has 0 radical (unpaired) electrons. The molecule has 0 aromatic carbocycles. The smallest absolute Gasteiger partial charge is 0.407 e. The minimum Gasteiger partial charge on any atom is -0.444 e. The van der Waals surface area contributed by atoms with Crippen molar-refractivity contribution in [3.63, 3.8) is 0 Å². The number of carbonyl (C=O) groups excluding carboxylic acids is 1. The molecule has 0 aromatic rings. The quantitative estimate of drug-likeness (QED) is 0.570. The van der Waals surface area contributed by atoms with Crippen molar-refractivity contribution in [1.29, 1.82) is 5.26 Å². The summed E-state index contributed by atoms with van der Waals surface area (Å²) in [5, 5.41) is 14.1. The SMILES string of the molecule is CC(C)(C)OC(=O)NC1CCC(NC#N)CC1. The van der Waals surface area contributed by atoms with Crippen LogP contribution in [-0.2, 0) is 4.74 Å². The fourth-order valence-electron chi connectivity index (χ4n) is 1.95. The first kappa shape index (κ1) is 13.6. The van der Waals surface area contributed by atoms with Crippen molar-refractivity contribution in [2.24, 2.45) is 0 Å². The maximum absolute atomic E-state index is 11.5. The van der Waals surface area contributed by atoms with Crippen LogP contribution in [0.3, 0.4) is 0 Å². The molecule has 0 bridgehead atoms. The van der Waals surface area contributed by atoms with E-state index in [9.17, 15) is 4.79 Å². The standard InChI is InChI=1S/C12H21N3O2/c1-12(2,3)17-11(16)15-10-6-4-9(5-7-10)14-8-13/h9-10,14H,4-7H2,1-3H3,(H,15,16). The third kappa shape index (κ3) is 5.43. The van der Waals surface area contributed by atoms with Crippen LogP contribution in [0, 0.1) is 11.5 Å². The third-order valence-corrected chi connectivity index (χ3v) is 2.72. The number of nitrogens with zero attached hydrogens (tertiary/aromatic N) is 1. The first-order valence-electron chi connectivity index (χ1n) is 6.05. The highest BCUT2D eigenvalue weighted by atomic mass is 16.6. The zero-order valence-corrected chi connectivity index (χ0v) is 10.7. The fourth-order valence-corrected chi connectivity index (χ4v) is 1.95. The van der Waals surface area contributed by atoms with E-state index in [2.05, 4.69) is 10.6 Å². The molecule has 96 valence electrons. The van der Waals surface area contributed by atoms with Crippen molar-refractivity contribution in [3.05, 3.63) is 0 Å². The van der Waals surface area contributed by atoms with Gasteiger partial charge in [0.2, 0.25) is 0 Å². The molecular formula is C12H21N3O2. The second kappa shape index (κ2) is 5.76. The first-order chi connectivity index (χ1) is 7.90. The highest BCUT2D eigenvalue weighted by molar-refractivity contribution is 5.68. The van der Waals surface area contributed by atoms with Gasteiger partial charge in [0.05, 0.1) is 0 Å². The van der Waals surface area contributed by atoms with E-state index < -0.39 is 5.60 Å². The van der Waals surface area contributed by atoms with Crippen LogP contribution in [0.25, 0.3) is 0 Å². The predicted octanol–water partition coefficient (Wildman–Crippen LogP) is 1.89. The van der Waals surface area contributed by atoms with E-state index >= 15 is 0 Å². The molecule has 1 aliphatic carbocycles. The monoisotopic (exact) mass is 239 g/mol. The third-order valence-electron chi connectivity index (χ3n) is 2.72. The Labute approximate surface area is 103 Å². The van der Waals surface area contributed by atoms with Crippen molar-refractivity contribution in [2.45, 2.75) is 64.1 Å². The zero-order valence-electron chi connectivity index (χ0n) is 10.7. The van der Waals surface area contributed by atoms with Gasteiger partial charge >= 0.3 is 6.09 Å². The number of hydrogen-bond donors (Lipinski definition) is 2. The van der Waals surface area contributed by atoms with E-state index in [1.807, 2.05) is 27.0 Å². The van der Waals surface area contributed by atoms with Gasteiger partial charge in [-0.3, -0.25) is 0 Å². The van der Waals surface area contributed by atoms with Gasteiger partial charge in [0.1, 0.15) is 5.60 Å². The van der Waals surface area contributed by atoms with Gasteiger partial charge in [0.25, 0.3) is 0 Å². The van der Waals surface area contributed by atoms with Gasteiger partial charge in [-0.2, -0.15) is 5.26 Å². The highest BCUT2D eigenvalue weighted by Gasteiger charge is 2.24. The minimum atomic E-state index is -0.455. The van der Waals surface area contributed by atoms with Crippen LogP contribution in [0.15, 0.2) is 0 Å². The average molecular weight is 239 g/mol. The van der Waals surface area contributed by atoms with Gasteiger partial charge in [-0.05, 0) is 46.5 Å². The van der Waals surface area contributed by atoms with Crippen LogP contribution in [0.5, 0.6) is 0 Å². The Morgan fingerprint density at radius 3 is 2.24 bits per heavy atom. The van der Waals surface area contributed by atoms with Crippen molar-refractivity contribution in [2.75, 3.05) is 0 Å². The molecule has 0 aliphatic heterocycles. The number of alkyl carbamates (subject to hydrolysis) is 1. The van der Waals surface area contributed by atoms with Gasteiger partial charge in [-0.1, -0.05) is 0 Å². The summed E-state index contributed by atoms with van der Waals surface area (Å²) in [6.07, 6.45) is 5.21. The van der Waals surface area contributed by atoms with E-state index in [0.29, 0.717) is 0 Å². The Balaban J connectivity index is 2.27. The number of amides is 1. The lowest BCUT2D eigenvalue weighted by Crippen LogP contribution is -2.43. The molecule has 0 aromatic heterocycles. The number of carbonyl (C=O) groups is 1. The van der Waals surface area contributed by atoms with Gasteiger partial charge in [0.15, 0.2) is 6.19 Å². The molecule has 0 saturated heterocycles. The Bertz CT molecular complexity index is 296. The van der Waals surface area contributed by atoms with Crippen LogP contribution in [0.1, 0.15) is 46.5 Å². The van der Waals surface area contributed by atoms with Crippen molar-refractivity contribution >= 4 is 6.09 Å². The van der Waals surface area contributed by atoms with Crippen LogP contribution in [-0.4, -0.2) is 23.8 Å². The minimum absolute atomic E-state index is 0.168. The lowest BCUT2D eigenvalue weighted by atomic mass is 9.91. The van der Waals surface area contributed by atoms with Crippen molar-refractivity contribution in [3.8, 4) is 6.19 Å². The lowest BCUT2D eigenvalue weighted by molar-refractivity contribution is 0.0490. The predicted molar refractivity (Wildman–Crippen MR) is 64.2 cm³/mol.